The second kappa shape index (κ2) is 12.3. The predicted molar refractivity (Wildman–Crippen MR) is 113 cm³/mol. The maximum absolute atomic E-state index is 10.8. The fourth-order valence-corrected chi connectivity index (χ4v) is 3.19. The average molecular weight is 476 g/mol. The van der Waals surface area contributed by atoms with Gasteiger partial charge in [-0.1, -0.05) is 42.5 Å². The van der Waals surface area contributed by atoms with E-state index in [1.165, 1.54) is 0 Å². The van der Waals surface area contributed by atoms with Crippen LogP contribution >= 0.6 is 7.82 Å². The van der Waals surface area contributed by atoms with Crippen molar-refractivity contribution in [2.24, 2.45) is 0 Å². The van der Waals surface area contributed by atoms with Crippen molar-refractivity contribution >= 4 is 7.82 Å². The lowest BCUT2D eigenvalue weighted by atomic mass is 9.99. The van der Waals surface area contributed by atoms with Gasteiger partial charge in [-0.15, -0.1) is 0 Å². The molecule has 0 spiro atoms. The van der Waals surface area contributed by atoms with Gasteiger partial charge in [0.25, 0.3) is 0 Å². The first kappa shape index (κ1) is 28.1. The Bertz CT molecular complexity index is 851. The molecule has 0 unspecified atom stereocenters. The molecule has 12 nitrogen and oxygen atoms in total. The zero-order chi connectivity index (χ0) is 21.7. The normalized spacial score (nSPS) is 25.3. The SMILES string of the molecule is N.N.O=P(O)(O)OCO[C@@H]1[C@@H](Oc2ccc(-c3ccccc3)cc2)O[C@H](CO)[C@@H](O)[C@@H]1O. The van der Waals surface area contributed by atoms with Crippen molar-refractivity contribution in [2.75, 3.05) is 13.4 Å². The first-order valence-electron chi connectivity index (χ1n) is 9.05. The largest absolute Gasteiger partial charge is 0.471 e. The van der Waals surface area contributed by atoms with Crippen LogP contribution in [-0.4, -0.2) is 69.2 Å². The third kappa shape index (κ3) is 7.30. The molecule has 180 valence electrons. The molecule has 0 radical (unpaired) electrons. The summed E-state index contributed by atoms with van der Waals surface area (Å²) in [5.74, 6) is 0.351. The standard InChI is InChI=1S/C19H23O10P.2H3N/c20-10-15-16(21)17(22)18(26-11-27-30(23,24)25)19(29-15)28-14-8-6-13(7-9-14)12-4-2-1-3-5-12;;/h1-9,15-22H,10-11H2,(H2,23,24,25);2*1H3/t15-,16-,17+,18+,19+;;/m1../s1. The van der Waals surface area contributed by atoms with Gasteiger partial charge in [-0.05, 0) is 23.3 Å². The van der Waals surface area contributed by atoms with Crippen molar-refractivity contribution in [2.45, 2.75) is 30.7 Å². The van der Waals surface area contributed by atoms with E-state index in [1.54, 1.807) is 12.1 Å². The molecule has 3 rings (SSSR count). The summed E-state index contributed by atoms with van der Waals surface area (Å²) < 4.78 is 31.4. The second-order valence-electron chi connectivity index (χ2n) is 6.58. The van der Waals surface area contributed by atoms with Crippen molar-refractivity contribution in [1.29, 1.82) is 0 Å². The van der Waals surface area contributed by atoms with E-state index >= 15 is 0 Å². The topological polar surface area (TPSA) is 225 Å². The Morgan fingerprint density at radius 2 is 1.50 bits per heavy atom. The van der Waals surface area contributed by atoms with Gasteiger partial charge in [0.2, 0.25) is 6.29 Å². The van der Waals surface area contributed by atoms with E-state index in [2.05, 4.69) is 4.52 Å². The maximum atomic E-state index is 10.8. The van der Waals surface area contributed by atoms with Crippen molar-refractivity contribution in [1.82, 2.24) is 12.3 Å². The van der Waals surface area contributed by atoms with E-state index < -0.39 is 51.9 Å². The van der Waals surface area contributed by atoms with Gasteiger partial charge in [0.1, 0.15) is 24.1 Å². The van der Waals surface area contributed by atoms with Crippen molar-refractivity contribution in [3.8, 4) is 16.9 Å². The van der Waals surface area contributed by atoms with Crippen LogP contribution < -0.4 is 17.0 Å². The molecule has 32 heavy (non-hydrogen) atoms. The molecule has 0 aromatic heterocycles. The van der Waals surface area contributed by atoms with Crippen molar-refractivity contribution < 1.29 is 48.4 Å². The van der Waals surface area contributed by atoms with E-state index in [-0.39, 0.29) is 12.3 Å². The zero-order valence-electron chi connectivity index (χ0n) is 17.1. The molecule has 2 aromatic carbocycles. The molecule has 5 atom stereocenters. The van der Waals surface area contributed by atoms with E-state index in [0.29, 0.717) is 5.75 Å². The van der Waals surface area contributed by atoms with E-state index in [1.807, 2.05) is 42.5 Å². The second-order valence-corrected chi connectivity index (χ2v) is 7.82. The van der Waals surface area contributed by atoms with Gasteiger partial charge >= 0.3 is 7.82 Å². The van der Waals surface area contributed by atoms with Crippen LogP contribution in [0.1, 0.15) is 0 Å². The molecule has 1 saturated heterocycles. The lowest BCUT2D eigenvalue weighted by Gasteiger charge is -2.41. The summed E-state index contributed by atoms with van der Waals surface area (Å²) in [5.41, 5.74) is 1.95. The Hall–Kier alpha value is -1.93. The minimum absolute atomic E-state index is 0. The summed E-state index contributed by atoms with van der Waals surface area (Å²) >= 11 is 0. The van der Waals surface area contributed by atoms with E-state index in [9.17, 15) is 19.9 Å². The molecule has 1 aliphatic heterocycles. The Kier molecular flexibility index (Phi) is 10.8. The summed E-state index contributed by atoms with van der Waals surface area (Å²) in [6.45, 7) is -1.46. The number of hydrogen-bond acceptors (Lipinski definition) is 10. The maximum Gasteiger partial charge on any atom is 0.471 e. The highest BCUT2D eigenvalue weighted by Crippen LogP contribution is 2.36. The number of ether oxygens (including phenoxy) is 3. The van der Waals surface area contributed by atoms with Crippen LogP contribution in [0.4, 0.5) is 0 Å². The molecular weight excluding hydrogens is 447 g/mol. The number of hydrogen-bond donors (Lipinski definition) is 7. The molecule has 2 aromatic rings. The van der Waals surface area contributed by atoms with Crippen LogP contribution in [0.3, 0.4) is 0 Å². The highest BCUT2D eigenvalue weighted by Gasteiger charge is 2.46. The first-order valence-corrected chi connectivity index (χ1v) is 10.6. The van der Waals surface area contributed by atoms with E-state index in [4.69, 9.17) is 24.0 Å². The van der Waals surface area contributed by atoms with Gasteiger partial charge in [0.05, 0.1) is 6.61 Å². The minimum atomic E-state index is -4.80. The monoisotopic (exact) mass is 476 g/mol. The molecule has 1 fully saturated rings. The van der Waals surface area contributed by atoms with Crippen LogP contribution in [0.5, 0.6) is 5.75 Å². The highest BCUT2D eigenvalue weighted by atomic mass is 31.2. The van der Waals surface area contributed by atoms with Crippen LogP contribution in [0, 0.1) is 0 Å². The quantitative estimate of drug-likeness (QED) is 0.209. The molecule has 1 aliphatic rings. The van der Waals surface area contributed by atoms with Gasteiger partial charge < -0.3 is 51.6 Å². The summed E-state index contributed by atoms with van der Waals surface area (Å²) in [6.07, 6.45) is -6.84. The fourth-order valence-electron chi connectivity index (χ4n) is 3.00. The minimum Gasteiger partial charge on any atom is -0.462 e. The summed E-state index contributed by atoms with van der Waals surface area (Å²) in [5, 5.41) is 29.7. The number of aliphatic hydroxyl groups is 3. The summed E-state index contributed by atoms with van der Waals surface area (Å²) in [6, 6.07) is 16.6. The smallest absolute Gasteiger partial charge is 0.462 e. The Labute approximate surface area is 184 Å². The third-order valence-corrected chi connectivity index (χ3v) is 4.96. The van der Waals surface area contributed by atoms with Crippen LogP contribution in [-0.2, 0) is 18.6 Å². The number of benzene rings is 2. The lowest BCUT2D eigenvalue weighted by molar-refractivity contribution is -0.295. The first-order chi connectivity index (χ1) is 14.3. The Balaban J connectivity index is 0.00000256. The van der Waals surface area contributed by atoms with Gasteiger partial charge in [-0.2, -0.15) is 0 Å². The third-order valence-electron chi connectivity index (χ3n) is 4.52. The zero-order valence-corrected chi connectivity index (χ0v) is 18.0. The average Bonchev–Trinajstić information content (AvgIpc) is 2.73. The van der Waals surface area contributed by atoms with Gasteiger partial charge in [-0.25, -0.2) is 4.57 Å². The van der Waals surface area contributed by atoms with Crippen LogP contribution in [0.2, 0.25) is 0 Å². The fraction of sp³-hybridized carbons (Fsp3) is 0.368. The van der Waals surface area contributed by atoms with Gasteiger partial charge in [0.15, 0.2) is 12.9 Å². The highest BCUT2D eigenvalue weighted by molar-refractivity contribution is 7.46. The number of phosphoric acid groups is 1. The van der Waals surface area contributed by atoms with Gasteiger partial charge in [0, 0.05) is 0 Å². The predicted octanol–water partition coefficient (Wildman–Crippen LogP) is 0.947. The van der Waals surface area contributed by atoms with Gasteiger partial charge in [-0.3, -0.25) is 4.52 Å². The molecule has 0 amide bonds. The Morgan fingerprint density at radius 1 is 0.906 bits per heavy atom. The van der Waals surface area contributed by atoms with Crippen LogP contribution in [0.15, 0.2) is 54.6 Å². The number of aliphatic hydroxyl groups excluding tert-OH is 3. The lowest BCUT2D eigenvalue weighted by Crippen LogP contribution is -2.61. The molecule has 0 saturated carbocycles. The van der Waals surface area contributed by atoms with Crippen molar-refractivity contribution in [3.05, 3.63) is 54.6 Å². The molecule has 1 heterocycles. The van der Waals surface area contributed by atoms with Crippen LogP contribution in [0.25, 0.3) is 11.1 Å². The molecule has 0 aliphatic carbocycles. The summed E-state index contributed by atoms with van der Waals surface area (Å²) in [4.78, 5) is 17.5. The molecular formula is C19H29N2O10P. The Morgan fingerprint density at radius 3 is 2.06 bits per heavy atom. The molecule has 11 N–H and O–H groups in total. The number of phosphoric ester groups is 1. The molecule has 0 bridgehead atoms. The number of rotatable bonds is 8. The van der Waals surface area contributed by atoms with Crippen molar-refractivity contribution in [3.63, 3.8) is 0 Å². The van der Waals surface area contributed by atoms with E-state index in [0.717, 1.165) is 11.1 Å². The summed E-state index contributed by atoms with van der Waals surface area (Å²) in [7, 11) is -4.80. The molecule has 13 heteroatoms.